The minimum Gasteiger partial charge on any atom is -0.258 e. The summed E-state index contributed by atoms with van der Waals surface area (Å²) in [4.78, 5) is 8.56. The third-order valence-corrected chi connectivity index (χ3v) is 1.88. The Labute approximate surface area is 94.0 Å². The second kappa shape index (κ2) is 4.10. The van der Waals surface area contributed by atoms with Crippen molar-refractivity contribution in [3.63, 3.8) is 0 Å². The summed E-state index contributed by atoms with van der Waals surface area (Å²) < 4.78 is 86.4. The van der Waals surface area contributed by atoms with E-state index in [1.807, 2.05) is 0 Å². The van der Waals surface area contributed by atoms with Gasteiger partial charge in [-0.05, 0) is 6.07 Å². The first-order chi connectivity index (χ1) is 7.94. The number of nitro groups is 1. The summed E-state index contributed by atoms with van der Waals surface area (Å²) >= 11 is 0. The molecule has 0 aliphatic rings. The third-order valence-electron chi connectivity index (χ3n) is 1.88. The average Bonchev–Trinajstić information content (AvgIpc) is 2.13. The predicted octanol–water partition coefficient (Wildman–Crippen LogP) is 3.77. The molecule has 0 aliphatic heterocycles. The smallest absolute Gasteiger partial charge is 0.258 e. The molecule has 0 bridgehead atoms. The zero-order chi connectivity index (χ0) is 14.3. The first kappa shape index (κ1) is 14.2. The number of halogens is 7. The van der Waals surface area contributed by atoms with E-state index in [0.29, 0.717) is 0 Å². The molecule has 0 N–H and O–H groups in total. The van der Waals surface area contributed by atoms with Gasteiger partial charge in [-0.3, -0.25) is 10.1 Å². The number of benzene rings is 1. The highest BCUT2D eigenvalue weighted by Gasteiger charge is 2.42. The maximum atomic E-state index is 13.1. The van der Waals surface area contributed by atoms with Crippen LogP contribution in [0.2, 0.25) is 0 Å². The van der Waals surface area contributed by atoms with Crippen molar-refractivity contribution in [2.24, 2.45) is 0 Å². The Hall–Kier alpha value is -1.87. The Morgan fingerprint density at radius 1 is 1.00 bits per heavy atom. The first-order valence-corrected chi connectivity index (χ1v) is 4.07. The SMILES string of the molecule is O=[N+]([O-])c1cc(C(F)(F)F)cc(C(F)(F)F)c1F. The van der Waals surface area contributed by atoms with Gasteiger partial charge in [0.25, 0.3) is 0 Å². The van der Waals surface area contributed by atoms with Crippen LogP contribution in [0.5, 0.6) is 0 Å². The van der Waals surface area contributed by atoms with Gasteiger partial charge in [0.1, 0.15) is 0 Å². The number of alkyl halides is 6. The van der Waals surface area contributed by atoms with Crippen LogP contribution in [-0.2, 0) is 12.4 Å². The van der Waals surface area contributed by atoms with E-state index < -0.39 is 46.0 Å². The second-order valence-corrected chi connectivity index (χ2v) is 3.11. The molecule has 0 atom stereocenters. The van der Waals surface area contributed by atoms with Crippen LogP contribution in [0, 0.1) is 15.9 Å². The van der Waals surface area contributed by atoms with Gasteiger partial charge in [0.15, 0.2) is 0 Å². The maximum Gasteiger partial charge on any atom is 0.419 e. The van der Waals surface area contributed by atoms with Crippen LogP contribution < -0.4 is 0 Å². The van der Waals surface area contributed by atoms with Gasteiger partial charge in [-0.2, -0.15) is 30.7 Å². The number of nitrogens with zero attached hydrogens (tertiary/aromatic N) is 1. The van der Waals surface area contributed by atoms with E-state index in [9.17, 15) is 40.8 Å². The van der Waals surface area contributed by atoms with Crippen LogP contribution in [0.3, 0.4) is 0 Å². The van der Waals surface area contributed by atoms with Crippen LogP contribution in [0.25, 0.3) is 0 Å². The Kier molecular flexibility index (Phi) is 3.24. The Balaban J connectivity index is 3.63. The van der Waals surface area contributed by atoms with Crippen molar-refractivity contribution in [3.05, 3.63) is 39.2 Å². The molecule has 0 saturated heterocycles. The summed E-state index contributed by atoms with van der Waals surface area (Å²) in [6.45, 7) is 0. The fourth-order valence-corrected chi connectivity index (χ4v) is 1.11. The summed E-state index contributed by atoms with van der Waals surface area (Å²) in [5.74, 6) is -2.35. The van der Waals surface area contributed by atoms with Crippen molar-refractivity contribution in [3.8, 4) is 0 Å². The zero-order valence-corrected chi connectivity index (χ0v) is 8.06. The third kappa shape index (κ3) is 2.68. The largest absolute Gasteiger partial charge is 0.419 e. The first-order valence-electron chi connectivity index (χ1n) is 4.07. The lowest BCUT2D eigenvalue weighted by Crippen LogP contribution is -2.14. The van der Waals surface area contributed by atoms with Gasteiger partial charge in [0.2, 0.25) is 5.82 Å². The number of hydrogen-bond donors (Lipinski definition) is 0. The van der Waals surface area contributed by atoms with Crippen molar-refractivity contribution in [1.82, 2.24) is 0 Å². The van der Waals surface area contributed by atoms with Crippen molar-refractivity contribution >= 4 is 5.69 Å². The van der Waals surface area contributed by atoms with Gasteiger partial charge >= 0.3 is 18.0 Å². The summed E-state index contributed by atoms with van der Waals surface area (Å²) in [6, 6.07) is -0.799. The lowest BCUT2D eigenvalue weighted by molar-refractivity contribution is -0.388. The van der Waals surface area contributed by atoms with Crippen LogP contribution in [0.15, 0.2) is 12.1 Å². The number of nitro benzene ring substituents is 1. The van der Waals surface area contributed by atoms with Gasteiger partial charge in [-0.25, -0.2) is 0 Å². The molecule has 0 amide bonds. The van der Waals surface area contributed by atoms with E-state index in [0.717, 1.165) is 0 Å². The highest BCUT2D eigenvalue weighted by atomic mass is 19.4. The van der Waals surface area contributed by atoms with E-state index in [2.05, 4.69) is 0 Å². The normalized spacial score (nSPS) is 12.6. The van der Waals surface area contributed by atoms with Gasteiger partial charge in [0, 0.05) is 6.07 Å². The molecule has 10 heteroatoms. The molecule has 0 saturated carbocycles. The Morgan fingerprint density at radius 2 is 1.50 bits per heavy atom. The molecule has 18 heavy (non-hydrogen) atoms. The molecule has 1 rings (SSSR count). The van der Waals surface area contributed by atoms with Crippen molar-refractivity contribution in [2.75, 3.05) is 0 Å². The van der Waals surface area contributed by atoms with Crippen molar-refractivity contribution in [2.45, 2.75) is 12.4 Å². The maximum absolute atomic E-state index is 13.1. The number of hydrogen-bond acceptors (Lipinski definition) is 2. The minimum atomic E-state index is -5.46. The van der Waals surface area contributed by atoms with Gasteiger partial charge in [-0.1, -0.05) is 0 Å². The number of rotatable bonds is 1. The van der Waals surface area contributed by atoms with Gasteiger partial charge in [0.05, 0.1) is 16.1 Å². The van der Waals surface area contributed by atoms with Gasteiger partial charge < -0.3 is 0 Å². The fraction of sp³-hybridized carbons (Fsp3) is 0.250. The van der Waals surface area contributed by atoms with E-state index in [1.165, 1.54) is 0 Å². The highest BCUT2D eigenvalue weighted by Crippen LogP contribution is 2.40. The Morgan fingerprint density at radius 3 is 1.83 bits per heavy atom. The quantitative estimate of drug-likeness (QED) is 0.445. The highest BCUT2D eigenvalue weighted by molar-refractivity contribution is 5.43. The molecule has 0 aliphatic carbocycles. The summed E-state index contributed by atoms with van der Waals surface area (Å²) in [7, 11) is 0. The van der Waals surface area contributed by atoms with Crippen molar-refractivity contribution in [1.29, 1.82) is 0 Å². The zero-order valence-electron chi connectivity index (χ0n) is 8.06. The molecular formula is C8H2F7NO2. The van der Waals surface area contributed by atoms with E-state index in [4.69, 9.17) is 0 Å². The summed E-state index contributed by atoms with van der Waals surface area (Å²) in [6.07, 6.45) is -10.7. The van der Waals surface area contributed by atoms with E-state index in [-0.39, 0.29) is 6.07 Å². The molecule has 1 aromatic carbocycles. The standard InChI is InChI=1S/C8H2F7NO2/c9-6-4(8(13,14)15)1-3(7(10,11)12)2-5(6)16(17)18/h1-2H. The fourth-order valence-electron chi connectivity index (χ4n) is 1.11. The lowest BCUT2D eigenvalue weighted by Gasteiger charge is -2.12. The van der Waals surface area contributed by atoms with E-state index in [1.54, 1.807) is 0 Å². The van der Waals surface area contributed by atoms with Crippen LogP contribution >= 0.6 is 0 Å². The Bertz CT molecular complexity index is 491. The average molecular weight is 277 g/mol. The lowest BCUT2D eigenvalue weighted by atomic mass is 10.1. The molecule has 3 nitrogen and oxygen atoms in total. The predicted molar refractivity (Wildman–Crippen MR) is 43.1 cm³/mol. The van der Waals surface area contributed by atoms with Gasteiger partial charge in [-0.15, -0.1) is 0 Å². The van der Waals surface area contributed by atoms with Crippen LogP contribution in [-0.4, -0.2) is 4.92 Å². The molecule has 0 radical (unpaired) electrons. The molecule has 0 spiro atoms. The van der Waals surface area contributed by atoms with Crippen LogP contribution in [0.1, 0.15) is 11.1 Å². The van der Waals surface area contributed by atoms with E-state index >= 15 is 0 Å². The van der Waals surface area contributed by atoms with Crippen LogP contribution in [0.4, 0.5) is 36.4 Å². The second-order valence-electron chi connectivity index (χ2n) is 3.11. The topological polar surface area (TPSA) is 43.1 Å². The van der Waals surface area contributed by atoms with Crippen molar-refractivity contribution < 1.29 is 35.7 Å². The molecule has 100 valence electrons. The molecule has 0 unspecified atom stereocenters. The molecule has 1 aromatic rings. The summed E-state index contributed by atoms with van der Waals surface area (Å²) in [5.41, 5.74) is -6.15. The molecular weight excluding hydrogens is 275 g/mol. The molecule has 0 heterocycles. The molecule has 0 fully saturated rings. The monoisotopic (exact) mass is 277 g/mol. The summed E-state index contributed by atoms with van der Waals surface area (Å²) in [5, 5.41) is 10.2. The molecule has 0 aromatic heterocycles. The minimum absolute atomic E-state index is 0.287.